The molecule has 3 nitrogen and oxygen atoms in total. The van der Waals surface area contributed by atoms with Crippen LogP contribution in [0.3, 0.4) is 0 Å². The Balaban J connectivity index is 2.23. The van der Waals surface area contributed by atoms with E-state index in [-0.39, 0.29) is 0 Å². The number of rotatable bonds is 6. The third-order valence-corrected chi connectivity index (χ3v) is 4.43. The minimum absolute atomic E-state index is 0.680. The number of ether oxygens (including phenoxy) is 2. The molecule has 1 unspecified atom stereocenters. The third kappa shape index (κ3) is 3.34. The second-order valence-electron chi connectivity index (χ2n) is 4.29. The summed E-state index contributed by atoms with van der Waals surface area (Å²) in [5.74, 6) is 1.51. The highest BCUT2D eigenvalue weighted by Gasteiger charge is 2.18. The minimum atomic E-state index is -0.693. The predicted octanol–water partition coefficient (Wildman–Crippen LogP) is 4.39. The molecular formula is C15H17BrO3S. The number of thiophene rings is 1. The molecule has 0 radical (unpaired) electrons. The zero-order valence-corrected chi connectivity index (χ0v) is 13.8. The number of benzene rings is 1. The molecule has 0 bridgehead atoms. The lowest BCUT2D eigenvalue weighted by molar-refractivity contribution is 0.219. The van der Waals surface area contributed by atoms with Gasteiger partial charge < -0.3 is 14.6 Å². The Morgan fingerprint density at radius 1 is 1.30 bits per heavy atom. The maximum atomic E-state index is 10.5. The molecule has 108 valence electrons. The Bertz CT molecular complexity index is 568. The Morgan fingerprint density at radius 3 is 2.75 bits per heavy atom. The molecule has 5 heteroatoms. The van der Waals surface area contributed by atoms with Crippen LogP contribution in [0.5, 0.6) is 11.5 Å². The van der Waals surface area contributed by atoms with Crippen molar-refractivity contribution in [3.63, 3.8) is 0 Å². The SMILES string of the molecule is CCCOc1ccc(C(O)c2sccc2OC)cc1Br. The molecule has 0 fully saturated rings. The van der Waals surface area contributed by atoms with Gasteiger partial charge in [-0.2, -0.15) is 0 Å². The molecule has 0 spiro atoms. The first-order valence-corrected chi connectivity index (χ1v) is 8.06. The molecule has 0 aliphatic heterocycles. The smallest absolute Gasteiger partial charge is 0.135 e. The highest BCUT2D eigenvalue weighted by atomic mass is 79.9. The molecule has 0 saturated heterocycles. The van der Waals surface area contributed by atoms with E-state index in [1.807, 2.05) is 29.6 Å². The summed E-state index contributed by atoms with van der Waals surface area (Å²) in [5.41, 5.74) is 0.807. The molecule has 2 rings (SSSR count). The zero-order valence-electron chi connectivity index (χ0n) is 11.4. The predicted molar refractivity (Wildman–Crippen MR) is 84.9 cm³/mol. The van der Waals surface area contributed by atoms with Crippen molar-refractivity contribution in [2.75, 3.05) is 13.7 Å². The summed E-state index contributed by atoms with van der Waals surface area (Å²) >= 11 is 4.96. The first kappa shape index (κ1) is 15.4. The molecule has 0 aliphatic rings. The fourth-order valence-corrected chi connectivity index (χ4v) is 3.23. The number of halogens is 1. The van der Waals surface area contributed by atoms with Crippen LogP contribution in [-0.2, 0) is 0 Å². The average Bonchev–Trinajstić information content (AvgIpc) is 2.93. The zero-order chi connectivity index (χ0) is 14.5. The third-order valence-electron chi connectivity index (χ3n) is 2.86. The molecule has 0 saturated carbocycles. The van der Waals surface area contributed by atoms with Crippen LogP contribution in [0.4, 0.5) is 0 Å². The van der Waals surface area contributed by atoms with Gasteiger partial charge in [-0.15, -0.1) is 11.3 Å². The van der Waals surface area contributed by atoms with Crippen LogP contribution in [0.15, 0.2) is 34.1 Å². The molecule has 1 N–H and O–H groups in total. The molecule has 0 amide bonds. The molecule has 1 heterocycles. The monoisotopic (exact) mass is 356 g/mol. The fourth-order valence-electron chi connectivity index (χ4n) is 1.84. The van der Waals surface area contributed by atoms with Crippen molar-refractivity contribution in [1.82, 2.24) is 0 Å². The molecule has 1 aromatic carbocycles. The number of aliphatic hydroxyl groups is 1. The lowest BCUT2D eigenvalue weighted by atomic mass is 10.1. The number of methoxy groups -OCH3 is 1. The minimum Gasteiger partial charge on any atom is -0.495 e. The average molecular weight is 357 g/mol. The van der Waals surface area contributed by atoms with E-state index in [1.54, 1.807) is 7.11 Å². The standard InChI is InChI=1S/C15H17BrO3S/c1-3-7-19-12-5-4-10(9-11(12)16)14(17)15-13(18-2)6-8-20-15/h4-6,8-9,14,17H,3,7H2,1-2H3. The molecule has 20 heavy (non-hydrogen) atoms. The summed E-state index contributed by atoms with van der Waals surface area (Å²) in [7, 11) is 1.61. The van der Waals surface area contributed by atoms with Crippen LogP contribution in [-0.4, -0.2) is 18.8 Å². The van der Waals surface area contributed by atoms with Crippen LogP contribution < -0.4 is 9.47 Å². The van der Waals surface area contributed by atoms with Gasteiger partial charge in [-0.05, 0) is 51.5 Å². The number of hydrogen-bond acceptors (Lipinski definition) is 4. The van der Waals surface area contributed by atoms with E-state index < -0.39 is 6.10 Å². The Labute approximate surface area is 131 Å². The van der Waals surface area contributed by atoms with Crippen molar-refractivity contribution in [2.24, 2.45) is 0 Å². The van der Waals surface area contributed by atoms with E-state index in [0.29, 0.717) is 12.4 Å². The van der Waals surface area contributed by atoms with Gasteiger partial charge in [-0.25, -0.2) is 0 Å². The maximum Gasteiger partial charge on any atom is 0.135 e. The second-order valence-corrected chi connectivity index (χ2v) is 6.10. The first-order chi connectivity index (χ1) is 9.67. The summed E-state index contributed by atoms with van der Waals surface area (Å²) in [6.45, 7) is 2.74. The first-order valence-electron chi connectivity index (χ1n) is 6.39. The van der Waals surface area contributed by atoms with Gasteiger partial charge in [0.25, 0.3) is 0 Å². The van der Waals surface area contributed by atoms with Gasteiger partial charge in [-0.1, -0.05) is 13.0 Å². The summed E-state index contributed by atoms with van der Waals surface area (Å²) in [4.78, 5) is 0.807. The molecule has 2 aromatic rings. The molecular weight excluding hydrogens is 340 g/mol. The van der Waals surface area contributed by atoms with Crippen molar-refractivity contribution in [3.8, 4) is 11.5 Å². The number of hydrogen-bond donors (Lipinski definition) is 1. The van der Waals surface area contributed by atoms with E-state index in [4.69, 9.17) is 9.47 Å². The summed E-state index contributed by atoms with van der Waals surface area (Å²) in [6, 6.07) is 7.49. The molecule has 0 aliphatic carbocycles. The quantitative estimate of drug-likeness (QED) is 0.833. The lowest BCUT2D eigenvalue weighted by Gasteiger charge is -2.13. The largest absolute Gasteiger partial charge is 0.495 e. The van der Waals surface area contributed by atoms with Gasteiger partial charge in [0.2, 0.25) is 0 Å². The Morgan fingerprint density at radius 2 is 2.10 bits per heavy atom. The van der Waals surface area contributed by atoms with E-state index in [9.17, 15) is 5.11 Å². The van der Waals surface area contributed by atoms with Crippen molar-refractivity contribution in [1.29, 1.82) is 0 Å². The summed E-state index contributed by atoms with van der Waals surface area (Å²) in [5, 5.41) is 12.4. The highest BCUT2D eigenvalue weighted by Crippen LogP contribution is 2.37. The maximum absolute atomic E-state index is 10.5. The van der Waals surface area contributed by atoms with Crippen LogP contribution in [0, 0.1) is 0 Å². The van der Waals surface area contributed by atoms with E-state index in [1.165, 1.54) is 11.3 Å². The molecule has 1 aromatic heterocycles. The second kappa shape index (κ2) is 7.11. The summed E-state index contributed by atoms with van der Waals surface area (Å²) < 4.78 is 11.7. The van der Waals surface area contributed by atoms with Crippen molar-refractivity contribution < 1.29 is 14.6 Å². The van der Waals surface area contributed by atoms with Crippen LogP contribution >= 0.6 is 27.3 Å². The van der Waals surface area contributed by atoms with Gasteiger partial charge >= 0.3 is 0 Å². The topological polar surface area (TPSA) is 38.7 Å². The Hall–Kier alpha value is -1.04. The van der Waals surface area contributed by atoms with Gasteiger partial charge in [0.15, 0.2) is 0 Å². The summed E-state index contributed by atoms with van der Waals surface area (Å²) in [6.07, 6.45) is 0.268. The number of aliphatic hydroxyl groups excluding tert-OH is 1. The highest BCUT2D eigenvalue weighted by molar-refractivity contribution is 9.10. The van der Waals surface area contributed by atoms with Crippen LogP contribution in [0.2, 0.25) is 0 Å². The van der Waals surface area contributed by atoms with E-state index in [0.717, 1.165) is 27.1 Å². The fraction of sp³-hybridized carbons (Fsp3) is 0.333. The van der Waals surface area contributed by atoms with E-state index >= 15 is 0 Å². The van der Waals surface area contributed by atoms with Crippen molar-refractivity contribution >= 4 is 27.3 Å². The van der Waals surface area contributed by atoms with Gasteiger partial charge in [0.1, 0.15) is 17.6 Å². The van der Waals surface area contributed by atoms with Crippen LogP contribution in [0.1, 0.15) is 29.9 Å². The van der Waals surface area contributed by atoms with Gasteiger partial charge in [0, 0.05) is 0 Å². The molecule has 1 atom stereocenters. The van der Waals surface area contributed by atoms with Crippen LogP contribution in [0.25, 0.3) is 0 Å². The van der Waals surface area contributed by atoms with Crippen molar-refractivity contribution in [2.45, 2.75) is 19.4 Å². The van der Waals surface area contributed by atoms with E-state index in [2.05, 4.69) is 22.9 Å². The lowest BCUT2D eigenvalue weighted by Crippen LogP contribution is -2.01. The normalized spacial score (nSPS) is 12.2. The van der Waals surface area contributed by atoms with Gasteiger partial charge in [0.05, 0.1) is 23.1 Å². The van der Waals surface area contributed by atoms with Crippen molar-refractivity contribution in [3.05, 3.63) is 44.6 Å². The van der Waals surface area contributed by atoms with Gasteiger partial charge in [-0.3, -0.25) is 0 Å². The Kier molecular flexibility index (Phi) is 5.46.